The smallest absolute Gasteiger partial charge is 0.310 e. The molecule has 0 spiro atoms. The largest absolute Gasteiger partial charge is 0.489 e. The van der Waals surface area contributed by atoms with Crippen molar-refractivity contribution in [2.24, 2.45) is 5.73 Å². The predicted octanol–water partition coefficient (Wildman–Crippen LogP) is 5.25. The molecule has 4 aromatic rings. The molecule has 0 saturated carbocycles. The molecule has 0 aliphatic carbocycles. The summed E-state index contributed by atoms with van der Waals surface area (Å²) in [5.41, 5.74) is 13.4. The van der Waals surface area contributed by atoms with Crippen LogP contribution in [0.25, 0.3) is 22.1 Å². The summed E-state index contributed by atoms with van der Waals surface area (Å²) in [6, 6.07) is 14.0. The third-order valence-electron chi connectivity index (χ3n) is 5.66. The molecule has 2 N–H and O–H groups in total. The summed E-state index contributed by atoms with van der Waals surface area (Å²) >= 11 is 0. The highest BCUT2D eigenvalue weighted by atomic mass is 16.5. The van der Waals surface area contributed by atoms with E-state index in [9.17, 15) is 4.79 Å². The minimum atomic E-state index is -0.263. The minimum Gasteiger partial charge on any atom is -0.489 e. The van der Waals surface area contributed by atoms with Crippen LogP contribution in [0.1, 0.15) is 34.9 Å². The van der Waals surface area contributed by atoms with E-state index in [-0.39, 0.29) is 12.4 Å². The molecule has 0 aliphatic rings. The molecule has 0 aliphatic heterocycles. The summed E-state index contributed by atoms with van der Waals surface area (Å²) in [6.07, 6.45) is 3.62. The van der Waals surface area contributed by atoms with Crippen molar-refractivity contribution in [3.05, 3.63) is 82.9 Å². The molecule has 0 amide bonds. The maximum atomic E-state index is 12.1. The maximum absolute atomic E-state index is 12.1. The van der Waals surface area contributed by atoms with Gasteiger partial charge in [0.1, 0.15) is 17.9 Å². The third kappa shape index (κ3) is 5.07. The van der Waals surface area contributed by atoms with E-state index < -0.39 is 0 Å². The Kier molecular flexibility index (Phi) is 6.75. The Balaban J connectivity index is 1.65. The highest BCUT2D eigenvalue weighted by Crippen LogP contribution is 2.32. The molecule has 2 heterocycles. The Bertz CT molecular complexity index is 1290. The zero-order valence-electron chi connectivity index (χ0n) is 19.2. The molecule has 2 aromatic carbocycles. The zero-order valence-corrected chi connectivity index (χ0v) is 19.2. The maximum Gasteiger partial charge on any atom is 0.310 e. The van der Waals surface area contributed by atoms with Crippen molar-refractivity contribution in [3.8, 4) is 16.9 Å². The molecule has 0 unspecified atom stereocenters. The Morgan fingerprint density at radius 1 is 1.09 bits per heavy atom. The number of aryl methyl sites for hydroxylation is 2. The number of fused-ring (bicyclic) bond motifs is 1. The van der Waals surface area contributed by atoms with E-state index in [1.165, 1.54) is 0 Å². The van der Waals surface area contributed by atoms with Crippen LogP contribution in [0, 0.1) is 13.8 Å². The number of benzene rings is 2. The number of ether oxygens (including phenoxy) is 2. The molecule has 4 rings (SSSR count). The average Bonchev–Trinajstić information content (AvgIpc) is 3.28. The van der Waals surface area contributed by atoms with Gasteiger partial charge in [0, 0.05) is 29.3 Å². The number of hydrogen-bond acceptors (Lipinski definition) is 6. The van der Waals surface area contributed by atoms with Crippen LogP contribution in [0.3, 0.4) is 0 Å². The van der Waals surface area contributed by atoms with Crippen LogP contribution in [0.15, 0.2) is 59.3 Å². The Morgan fingerprint density at radius 3 is 2.70 bits per heavy atom. The number of rotatable bonds is 8. The zero-order chi connectivity index (χ0) is 23.4. The third-order valence-corrected chi connectivity index (χ3v) is 5.66. The quantitative estimate of drug-likeness (QED) is 0.373. The van der Waals surface area contributed by atoms with E-state index in [4.69, 9.17) is 19.6 Å². The van der Waals surface area contributed by atoms with Crippen LogP contribution in [0.2, 0.25) is 0 Å². The van der Waals surface area contributed by atoms with Crippen molar-refractivity contribution in [2.75, 3.05) is 6.61 Å². The molecule has 33 heavy (non-hydrogen) atoms. The van der Waals surface area contributed by atoms with Crippen LogP contribution in [0.4, 0.5) is 0 Å². The monoisotopic (exact) mass is 444 g/mol. The predicted molar refractivity (Wildman–Crippen MR) is 128 cm³/mol. The molecule has 6 heteroatoms. The van der Waals surface area contributed by atoms with Gasteiger partial charge in [0.25, 0.3) is 0 Å². The van der Waals surface area contributed by atoms with Crippen molar-refractivity contribution < 1.29 is 18.7 Å². The minimum absolute atomic E-state index is 0.176. The van der Waals surface area contributed by atoms with Crippen LogP contribution in [0.5, 0.6) is 5.75 Å². The first kappa shape index (κ1) is 22.6. The van der Waals surface area contributed by atoms with Gasteiger partial charge in [-0.05, 0) is 79.4 Å². The highest BCUT2D eigenvalue weighted by molar-refractivity contribution is 5.93. The molecule has 170 valence electrons. The SMILES string of the molecule is CCOC(=O)Cc1cc(C)c(C)cc1OCc1cc(-c2ccnc(CN)c2)c2occc2c1. The van der Waals surface area contributed by atoms with Gasteiger partial charge in [-0.2, -0.15) is 0 Å². The second-order valence-corrected chi connectivity index (χ2v) is 8.04. The number of nitrogens with two attached hydrogens (primary N) is 1. The topological polar surface area (TPSA) is 87.6 Å². The lowest BCUT2D eigenvalue weighted by Crippen LogP contribution is -2.10. The highest BCUT2D eigenvalue weighted by Gasteiger charge is 2.14. The van der Waals surface area contributed by atoms with Crippen LogP contribution in [-0.2, 0) is 29.1 Å². The first-order chi connectivity index (χ1) is 16.0. The normalized spacial score (nSPS) is 11.0. The lowest BCUT2D eigenvalue weighted by Gasteiger charge is -2.15. The molecule has 0 fully saturated rings. The molecule has 6 nitrogen and oxygen atoms in total. The van der Waals surface area contributed by atoms with Crippen molar-refractivity contribution in [1.82, 2.24) is 4.98 Å². The summed E-state index contributed by atoms with van der Waals surface area (Å²) in [5, 5.41) is 0.990. The number of carbonyl (C=O) groups is 1. The van der Waals surface area contributed by atoms with Gasteiger partial charge in [0.05, 0.1) is 25.0 Å². The summed E-state index contributed by atoms with van der Waals surface area (Å²) in [5.74, 6) is 0.426. The van der Waals surface area contributed by atoms with Crippen LogP contribution < -0.4 is 10.5 Å². The van der Waals surface area contributed by atoms with Gasteiger partial charge in [0.2, 0.25) is 0 Å². The summed E-state index contributed by atoms with van der Waals surface area (Å²) in [4.78, 5) is 16.4. The van der Waals surface area contributed by atoms with Gasteiger partial charge in [-0.1, -0.05) is 6.07 Å². The molecular weight excluding hydrogens is 416 g/mol. The standard InChI is InChI=1S/C27H28N2O4/c1-4-31-26(30)14-22-9-17(2)18(3)10-25(22)33-16-19-11-21-6-8-32-27(21)24(12-19)20-5-7-29-23(13-20)15-28/h5-13H,4,14-16,28H2,1-3H3. The number of carbonyl (C=O) groups excluding carboxylic acids is 1. The van der Waals surface area contributed by atoms with Gasteiger partial charge in [-0.3, -0.25) is 9.78 Å². The molecule has 0 radical (unpaired) electrons. The Hall–Kier alpha value is -3.64. The molecule has 0 bridgehead atoms. The molecular formula is C27H28N2O4. The van der Waals surface area contributed by atoms with Crippen molar-refractivity contribution >= 4 is 16.9 Å². The van der Waals surface area contributed by atoms with Crippen LogP contribution in [-0.4, -0.2) is 17.6 Å². The second-order valence-electron chi connectivity index (χ2n) is 8.04. The number of aromatic nitrogens is 1. The summed E-state index contributed by atoms with van der Waals surface area (Å²) in [6.45, 7) is 6.93. The number of hydrogen-bond donors (Lipinski definition) is 1. The molecule has 2 aromatic heterocycles. The molecule has 0 atom stereocenters. The first-order valence-corrected chi connectivity index (χ1v) is 11.0. The van der Waals surface area contributed by atoms with Gasteiger partial charge in [0.15, 0.2) is 0 Å². The van der Waals surface area contributed by atoms with Gasteiger partial charge in [-0.15, -0.1) is 0 Å². The van der Waals surface area contributed by atoms with E-state index in [1.54, 1.807) is 19.4 Å². The Morgan fingerprint density at radius 2 is 1.91 bits per heavy atom. The fourth-order valence-corrected chi connectivity index (χ4v) is 3.85. The van der Waals surface area contributed by atoms with Crippen molar-refractivity contribution in [2.45, 2.75) is 40.3 Å². The fourth-order valence-electron chi connectivity index (χ4n) is 3.85. The van der Waals surface area contributed by atoms with E-state index in [0.29, 0.717) is 25.5 Å². The van der Waals surface area contributed by atoms with Gasteiger partial charge < -0.3 is 19.6 Å². The number of nitrogens with zero attached hydrogens (tertiary/aromatic N) is 1. The van der Waals surface area contributed by atoms with E-state index in [1.807, 2.05) is 44.2 Å². The van der Waals surface area contributed by atoms with Crippen LogP contribution >= 0.6 is 0 Å². The number of esters is 1. The summed E-state index contributed by atoms with van der Waals surface area (Å²) < 4.78 is 17.1. The van der Waals surface area contributed by atoms with Crippen molar-refractivity contribution in [1.29, 1.82) is 0 Å². The molecule has 0 saturated heterocycles. The van der Waals surface area contributed by atoms with Gasteiger partial charge in [-0.25, -0.2) is 0 Å². The van der Waals surface area contributed by atoms with Gasteiger partial charge >= 0.3 is 5.97 Å². The lowest BCUT2D eigenvalue weighted by atomic mass is 10.0. The lowest BCUT2D eigenvalue weighted by molar-refractivity contribution is -0.142. The van der Waals surface area contributed by atoms with E-state index >= 15 is 0 Å². The number of pyridine rings is 1. The van der Waals surface area contributed by atoms with Crippen molar-refractivity contribution in [3.63, 3.8) is 0 Å². The first-order valence-electron chi connectivity index (χ1n) is 11.0. The fraction of sp³-hybridized carbons (Fsp3) is 0.259. The Labute approximate surface area is 193 Å². The summed E-state index contributed by atoms with van der Waals surface area (Å²) in [7, 11) is 0. The van der Waals surface area contributed by atoms with E-state index in [2.05, 4.69) is 17.1 Å². The average molecular weight is 445 g/mol. The number of furan rings is 1. The second kappa shape index (κ2) is 9.88. The van der Waals surface area contributed by atoms with E-state index in [0.717, 1.165) is 50.0 Å².